The molecule has 0 spiro atoms. The number of carbonyl (C=O) groups excluding carboxylic acids is 1. The first-order valence-corrected chi connectivity index (χ1v) is 25.7. The Morgan fingerprint density at radius 1 is 0.421 bits per heavy atom. The molecule has 0 fully saturated rings. The van der Waals surface area contributed by atoms with Gasteiger partial charge in [0.15, 0.2) is 0 Å². The van der Waals surface area contributed by atoms with E-state index in [1.165, 1.54) is 212 Å². The fourth-order valence-electron chi connectivity index (χ4n) is 7.96. The molecule has 336 valence electrons. The fraction of sp³-hybridized carbons (Fsp3) is 0.868. The van der Waals surface area contributed by atoms with Gasteiger partial charge >= 0.3 is 0 Å². The molecular weight excluding hydrogens is 699 g/mol. The van der Waals surface area contributed by atoms with Gasteiger partial charge in [0.25, 0.3) is 0 Å². The van der Waals surface area contributed by atoms with Crippen molar-refractivity contribution in [1.82, 2.24) is 5.32 Å². The summed E-state index contributed by atoms with van der Waals surface area (Å²) in [4.78, 5) is 12.4. The predicted molar refractivity (Wildman–Crippen MR) is 253 cm³/mol. The van der Waals surface area contributed by atoms with Crippen LogP contribution in [0.15, 0.2) is 36.5 Å². The maximum atomic E-state index is 12.4. The first-order chi connectivity index (χ1) is 28.2. The Bertz CT molecular complexity index is 866. The van der Waals surface area contributed by atoms with Crippen LogP contribution in [0.4, 0.5) is 0 Å². The molecule has 0 saturated heterocycles. The molecule has 0 aromatic heterocycles. The number of aliphatic hydroxyl groups excluding tert-OH is 2. The van der Waals surface area contributed by atoms with Crippen LogP contribution in [-0.2, 0) is 4.79 Å². The smallest absolute Gasteiger partial charge is 0.220 e. The highest BCUT2D eigenvalue weighted by atomic mass is 16.3. The highest BCUT2D eigenvalue weighted by Gasteiger charge is 2.20. The molecule has 0 radical (unpaired) electrons. The molecule has 0 rings (SSSR count). The van der Waals surface area contributed by atoms with Gasteiger partial charge in [-0.2, -0.15) is 0 Å². The molecule has 0 aliphatic heterocycles. The van der Waals surface area contributed by atoms with Crippen molar-refractivity contribution in [1.29, 1.82) is 0 Å². The van der Waals surface area contributed by atoms with Crippen molar-refractivity contribution in [3.63, 3.8) is 0 Å². The lowest BCUT2D eigenvalue weighted by atomic mass is 10.0. The second-order valence-electron chi connectivity index (χ2n) is 17.6. The number of unbranched alkanes of at least 4 members (excludes halogenated alkanes) is 34. The highest BCUT2D eigenvalue weighted by Crippen LogP contribution is 2.17. The minimum Gasteiger partial charge on any atom is -0.394 e. The monoisotopic (exact) mass is 800 g/mol. The van der Waals surface area contributed by atoms with E-state index in [4.69, 9.17) is 0 Å². The van der Waals surface area contributed by atoms with Gasteiger partial charge in [-0.15, -0.1) is 0 Å². The van der Waals surface area contributed by atoms with E-state index >= 15 is 0 Å². The third-order valence-corrected chi connectivity index (χ3v) is 11.9. The van der Waals surface area contributed by atoms with Crippen LogP contribution in [0.5, 0.6) is 0 Å². The molecule has 0 heterocycles. The average molecular weight is 800 g/mol. The molecule has 0 aliphatic carbocycles. The maximum Gasteiger partial charge on any atom is 0.220 e. The van der Waals surface area contributed by atoms with Gasteiger partial charge in [0.1, 0.15) is 0 Å². The average Bonchev–Trinajstić information content (AvgIpc) is 3.22. The summed E-state index contributed by atoms with van der Waals surface area (Å²) in [5, 5.41) is 23.2. The molecule has 4 heteroatoms. The van der Waals surface area contributed by atoms with Crippen molar-refractivity contribution < 1.29 is 15.0 Å². The van der Waals surface area contributed by atoms with Gasteiger partial charge in [0.05, 0.1) is 18.8 Å². The summed E-state index contributed by atoms with van der Waals surface area (Å²) >= 11 is 0. The summed E-state index contributed by atoms with van der Waals surface area (Å²) < 4.78 is 0. The summed E-state index contributed by atoms with van der Waals surface area (Å²) in [5.74, 6) is -0.0293. The third kappa shape index (κ3) is 45.5. The van der Waals surface area contributed by atoms with Crippen LogP contribution in [0.2, 0.25) is 0 Å². The second-order valence-corrected chi connectivity index (χ2v) is 17.6. The van der Waals surface area contributed by atoms with Crippen molar-refractivity contribution in [3.8, 4) is 0 Å². The number of nitrogens with one attached hydrogen (secondary N) is 1. The molecule has 0 bridgehead atoms. The normalized spacial score (nSPS) is 13.1. The first-order valence-electron chi connectivity index (χ1n) is 25.7. The summed E-state index contributed by atoms with van der Waals surface area (Å²) in [7, 11) is 0. The summed E-state index contributed by atoms with van der Waals surface area (Å²) in [6.07, 6.45) is 65.4. The van der Waals surface area contributed by atoms with E-state index in [0.717, 1.165) is 38.5 Å². The zero-order chi connectivity index (χ0) is 41.4. The topological polar surface area (TPSA) is 69.6 Å². The minimum absolute atomic E-state index is 0.0293. The standard InChI is InChI=1S/C53H101NO3/c1-3-5-7-9-11-13-15-17-18-19-20-21-22-23-24-25-26-27-28-29-30-31-32-33-34-35-36-37-39-41-43-45-47-49-53(57)54-51(50-55)52(56)48-46-44-42-40-38-16-14-12-10-8-6-4-2/h15,17,19-20,22-23,51-52,55-56H,3-14,16,18,21,24-50H2,1-2H3,(H,54,57)/b17-15-,20-19-,23-22-. The fourth-order valence-corrected chi connectivity index (χ4v) is 7.96. The van der Waals surface area contributed by atoms with Crippen LogP contribution in [0.3, 0.4) is 0 Å². The van der Waals surface area contributed by atoms with Crippen molar-refractivity contribution in [3.05, 3.63) is 36.5 Å². The van der Waals surface area contributed by atoms with Gasteiger partial charge < -0.3 is 15.5 Å². The molecular formula is C53H101NO3. The molecule has 1 amide bonds. The molecule has 2 unspecified atom stereocenters. The molecule has 0 saturated carbocycles. The number of hydrogen-bond donors (Lipinski definition) is 3. The number of carbonyl (C=O) groups is 1. The van der Waals surface area contributed by atoms with E-state index in [1.807, 2.05) is 0 Å². The number of rotatable bonds is 47. The first kappa shape index (κ1) is 55.6. The van der Waals surface area contributed by atoms with Gasteiger partial charge in [-0.3, -0.25) is 4.79 Å². The largest absolute Gasteiger partial charge is 0.394 e. The Kier molecular flexibility index (Phi) is 47.8. The van der Waals surface area contributed by atoms with Crippen molar-refractivity contribution in [2.75, 3.05) is 6.61 Å². The van der Waals surface area contributed by atoms with Crippen LogP contribution < -0.4 is 5.32 Å². The van der Waals surface area contributed by atoms with E-state index in [-0.39, 0.29) is 12.5 Å². The van der Waals surface area contributed by atoms with Gasteiger partial charge in [-0.1, -0.05) is 256 Å². The Hall–Kier alpha value is -1.39. The summed E-state index contributed by atoms with van der Waals surface area (Å²) in [6.45, 7) is 4.35. The van der Waals surface area contributed by atoms with Gasteiger partial charge in [-0.05, 0) is 51.4 Å². The molecule has 0 aromatic carbocycles. The van der Waals surface area contributed by atoms with Crippen LogP contribution >= 0.6 is 0 Å². The number of aliphatic hydroxyl groups is 2. The van der Waals surface area contributed by atoms with E-state index in [9.17, 15) is 15.0 Å². The quantitative estimate of drug-likeness (QED) is 0.0424. The highest BCUT2D eigenvalue weighted by molar-refractivity contribution is 5.76. The molecule has 4 nitrogen and oxygen atoms in total. The summed E-state index contributed by atoms with van der Waals surface area (Å²) in [5.41, 5.74) is 0. The molecule has 2 atom stereocenters. The number of amides is 1. The van der Waals surface area contributed by atoms with Crippen molar-refractivity contribution in [2.24, 2.45) is 0 Å². The van der Waals surface area contributed by atoms with Crippen LogP contribution in [0.25, 0.3) is 0 Å². The lowest BCUT2D eigenvalue weighted by Crippen LogP contribution is -2.45. The minimum atomic E-state index is -0.656. The Morgan fingerprint density at radius 3 is 1.07 bits per heavy atom. The van der Waals surface area contributed by atoms with Gasteiger partial charge in [0.2, 0.25) is 5.91 Å². The molecule has 0 aliphatic rings. The zero-order valence-electron chi connectivity index (χ0n) is 38.6. The van der Waals surface area contributed by atoms with Gasteiger partial charge in [0, 0.05) is 6.42 Å². The predicted octanol–water partition coefficient (Wildman–Crippen LogP) is 16.5. The van der Waals surface area contributed by atoms with Crippen LogP contribution in [0.1, 0.15) is 277 Å². The summed E-state index contributed by atoms with van der Waals surface area (Å²) in [6, 6.07) is -0.533. The number of hydrogen-bond acceptors (Lipinski definition) is 3. The Balaban J connectivity index is 3.42. The van der Waals surface area contributed by atoms with E-state index in [2.05, 4.69) is 55.6 Å². The maximum absolute atomic E-state index is 12.4. The van der Waals surface area contributed by atoms with E-state index in [1.54, 1.807) is 0 Å². The van der Waals surface area contributed by atoms with Crippen molar-refractivity contribution >= 4 is 5.91 Å². The molecule has 57 heavy (non-hydrogen) atoms. The van der Waals surface area contributed by atoms with E-state index < -0.39 is 12.1 Å². The van der Waals surface area contributed by atoms with Crippen molar-refractivity contribution in [2.45, 2.75) is 289 Å². The third-order valence-electron chi connectivity index (χ3n) is 11.9. The Labute approximate surface area is 357 Å². The van der Waals surface area contributed by atoms with Crippen LogP contribution in [0, 0.1) is 0 Å². The van der Waals surface area contributed by atoms with E-state index in [0.29, 0.717) is 12.8 Å². The molecule has 3 N–H and O–H groups in total. The number of allylic oxidation sites excluding steroid dienone is 6. The Morgan fingerprint density at radius 2 is 0.719 bits per heavy atom. The molecule has 0 aromatic rings. The second kappa shape index (κ2) is 49.0. The van der Waals surface area contributed by atoms with Crippen LogP contribution in [-0.4, -0.2) is 34.9 Å². The van der Waals surface area contributed by atoms with Gasteiger partial charge in [-0.25, -0.2) is 0 Å². The lowest BCUT2D eigenvalue weighted by molar-refractivity contribution is -0.123. The SMILES string of the molecule is CCCCCCC/C=C\C/C=C\C/C=C\CCCCCCCCCCCCCCCCCCCCC(=O)NC(CO)C(O)CCCCCCCCCCCCCC. The zero-order valence-corrected chi connectivity index (χ0v) is 38.6. The lowest BCUT2D eigenvalue weighted by Gasteiger charge is -2.22.